The molecule has 0 aliphatic carbocycles. The van der Waals surface area contributed by atoms with Gasteiger partial charge in [0.1, 0.15) is 0 Å². The van der Waals surface area contributed by atoms with Crippen molar-refractivity contribution in [1.29, 1.82) is 0 Å². The molecule has 0 amide bonds. The molecule has 4 heteroatoms. The van der Waals surface area contributed by atoms with Crippen molar-refractivity contribution in [2.75, 3.05) is 7.11 Å². The van der Waals surface area contributed by atoms with Gasteiger partial charge in [0.25, 0.3) is 0 Å². The number of ether oxygens (including phenoxy) is 1. The van der Waals surface area contributed by atoms with E-state index in [-0.39, 0.29) is 11.9 Å². The Hall–Kier alpha value is -0.540. The molecule has 0 aromatic carbocycles. The summed E-state index contributed by atoms with van der Waals surface area (Å²) < 4.78 is 5.46. The Balaban J connectivity index is 2.79. The minimum absolute atomic E-state index is 0.168. The molecular weight excluding hydrogens is 232 g/mol. The third-order valence-corrected chi connectivity index (χ3v) is 3.74. The smallest absolute Gasteiger partial charge is 0.306 e. The van der Waals surface area contributed by atoms with Crippen LogP contribution in [0.25, 0.3) is 0 Å². The summed E-state index contributed by atoms with van der Waals surface area (Å²) >= 11 is 7.42. The van der Waals surface area contributed by atoms with E-state index < -0.39 is 0 Å². The highest BCUT2D eigenvalue weighted by Gasteiger charge is 2.21. The fraction of sp³-hybridized carbons (Fsp3) is 0.545. The van der Waals surface area contributed by atoms with E-state index in [2.05, 4.69) is 13.8 Å². The summed E-state index contributed by atoms with van der Waals surface area (Å²) in [7, 11) is 1.42. The van der Waals surface area contributed by atoms with E-state index in [0.717, 1.165) is 9.21 Å². The van der Waals surface area contributed by atoms with Gasteiger partial charge in [0.2, 0.25) is 0 Å². The van der Waals surface area contributed by atoms with Crippen LogP contribution in [0.15, 0.2) is 12.1 Å². The summed E-state index contributed by atoms with van der Waals surface area (Å²) in [6.45, 7) is 4.20. The highest BCUT2D eigenvalue weighted by atomic mass is 35.5. The molecule has 1 unspecified atom stereocenters. The fourth-order valence-electron chi connectivity index (χ4n) is 1.46. The first-order valence-electron chi connectivity index (χ1n) is 4.86. The van der Waals surface area contributed by atoms with E-state index in [1.54, 1.807) is 0 Å². The van der Waals surface area contributed by atoms with E-state index >= 15 is 0 Å². The molecule has 0 aliphatic heterocycles. The molecule has 0 bridgehead atoms. The molecule has 0 spiro atoms. The Morgan fingerprint density at radius 2 is 2.20 bits per heavy atom. The lowest BCUT2D eigenvalue weighted by atomic mass is 9.91. The topological polar surface area (TPSA) is 26.3 Å². The van der Waals surface area contributed by atoms with Gasteiger partial charge in [-0.3, -0.25) is 4.79 Å². The predicted octanol–water partition coefficient (Wildman–Crippen LogP) is 3.70. The molecule has 0 saturated heterocycles. The van der Waals surface area contributed by atoms with Gasteiger partial charge in [-0.1, -0.05) is 25.4 Å². The third-order valence-electron chi connectivity index (χ3n) is 2.38. The van der Waals surface area contributed by atoms with Crippen LogP contribution >= 0.6 is 22.9 Å². The molecule has 0 N–H and O–H groups in total. The van der Waals surface area contributed by atoms with Crippen molar-refractivity contribution < 1.29 is 9.53 Å². The van der Waals surface area contributed by atoms with Crippen LogP contribution in [0.2, 0.25) is 4.34 Å². The van der Waals surface area contributed by atoms with Crippen LogP contribution in [-0.2, 0) is 9.53 Å². The molecule has 1 atom stereocenters. The molecule has 1 aromatic rings. The summed E-state index contributed by atoms with van der Waals surface area (Å²) in [4.78, 5) is 12.4. The first-order valence-corrected chi connectivity index (χ1v) is 6.06. The van der Waals surface area contributed by atoms with E-state index in [9.17, 15) is 4.79 Å². The maximum absolute atomic E-state index is 11.3. The third kappa shape index (κ3) is 3.50. The number of carbonyl (C=O) groups excluding carboxylic acids is 1. The molecule has 15 heavy (non-hydrogen) atoms. The molecule has 0 aliphatic rings. The quantitative estimate of drug-likeness (QED) is 0.758. The molecule has 2 nitrogen and oxygen atoms in total. The maximum atomic E-state index is 11.3. The second kappa shape index (κ2) is 5.52. The second-order valence-corrected chi connectivity index (χ2v) is 5.52. The van der Waals surface area contributed by atoms with Crippen molar-refractivity contribution in [2.45, 2.75) is 26.2 Å². The first-order chi connectivity index (χ1) is 7.04. The van der Waals surface area contributed by atoms with E-state index in [1.165, 1.54) is 18.4 Å². The van der Waals surface area contributed by atoms with Crippen LogP contribution in [0.1, 0.15) is 31.1 Å². The largest absolute Gasteiger partial charge is 0.469 e. The number of hydrogen-bond acceptors (Lipinski definition) is 3. The zero-order valence-corrected chi connectivity index (χ0v) is 10.7. The lowest BCUT2D eigenvalue weighted by molar-refractivity contribution is -0.141. The Bertz CT molecular complexity index is 333. The van der Waals surface area contributed by atoms with E-state index in [1.807, 2.05) is 12.1 Å². The van der Waals surface area contributed by atoms with Gasteiger partial charge < -0.3 is 4.74 Å². The van der Waals surface area contributed by atoms with Crippen molar-refractivity contribution in [3.8, 4) is 0 Å². The maximum Gasteiger partial charge on any atom is 0.306 e. The lowest BCUT2D eigenvalue weighted by Crippen LogP contribution is -2.12. The molecule has 0 fully saturated rings. The first kappa shape index (κ1) is 12.5. The standard InChI is InChI=1S/C11H15ClO2S/c1-7(2)8(6-11(13)14-3)9-4-5-10(12)15-9/h4-5,7-8H,6H2,1-3H3. The summed E-state index contributed by atoms with van der Waals surface area (Å²) in [5, 5.41) is 0. The van der Waals surface area contributed by atoms with Gasteiger partial charge in [-0.25, -0.2) is 0 Å². The minimum atomic E-state index is -0.168. The van der Waals surface area contributed by atoms with Crippen LogP contribution in [0.3, 0.4) is 0 Å². The molecule has 1 heterocycles. The van der Waals surface area contributed by atoms with Crippen molar-refractivity contribution in [3.63, 3.8) is 0 Å². The normalized spacial score (nSPS) is 12.9. The van der Waals surface area contributed by atoms with E-state index in [4.69, 9.17) is 16.3 Å². The summed E-state index contributed by atoms with van der Waals surface area (Å²) in [5.41, 5.74) is 0. The molecule has 84 valence electrons. The summed E-state index contributed by atoms with van der Waals surface area (Å²) in [5.74, 6) is 0.437. The summed E-state index contributed by atoms with van der Waals surface area (Å²) in [6, 6.07) is 3.86. The SMILES string of the molecule is COC(=O)CC(c1ccc(Cl)s1)C(C)C. The number of halogens is 1. The Morgan fingerprint density at radius 1 is 1.53 bits per heavy atom. The fourth-order valence-corrected chi connectivity index (χ4v) is 2.79. The van der Waals surface area contributed by atoms with Gasteiger partial charge in [-0.05, 0) is 18.1 Å². The van der Waals surface area contributed by atoms with Crippen LogP contribution in [0, 0.1) is 5.92 Å². The minimum Gasteiger partial charge on any atom is -0.469 e. The number of thiophene rings is 1. The van der Waals surface area contributed by atoms with Crippen LogP contribution < -0.4 is 0 Å². The van der Waals surface area contributed by atoms with E-state index in [0.29, 0.717) is 12.3 Å². The zero-order valence-electron chi connectivity index (χ0n) is 9.12. The number of rotatable bonds is 4. The second-order valence-electron chi connectivity index (χ2n) is 3.77. The van der Waals surface area contributed by atoms with Crippen molar-refractivity contribution in [2.24, 2.45) is 5.92 Å². The lowest BCUT2D eigenvalue weighted by Gasteiger charge is -2.17. The Kier molecular flexibility index (Phi) is 4.61. The summed E-state index contributed by atoms with van der Waals surface area (Å²) in [6.07, 6.45) is 0.422. The number of methoxy groups -OCH3 is 1. The van der Waals surface area contributed by atoms with Gasteiger partial charge in [0.05, 0.1) is 17.9 Å². The predicted molar refractivity (Wildman–Crippen MR) is 63.5 cm³/mol. The number of hydrogen-bond donors (Lipinski definition) is 0. The average Bonchev–Trinajstić information content (AvgIpc) is 2.60. The number of esters is 1. The Morgan fingerprint density at radius 3 is 2.60 bits per heavy atom. The van der Waals surface area contributed by atoms with Crippen LogP contribution in [0.5, 0.6) is 0 Å². The molecule has 0 saturated carbocycles. The van der Waals surface area contributed by atoms with Crippen LogP contribution in [0.4, 0.5) is 0 Å². The highest BCUT2D eigenvalue weighted by Crippen LogP contribution is 2.35. The highest BCUT2D eigenvalue weighted by molar-refractivity contribution is 7.16. The average molecular weight is 247 g/mol. The van der Waals surface area contributed by atoms with Crippen molar-refractivity contribution in [3.05, 3.63) is 21.3 Å². The van der Waals surface area contributed by atoms with Gasteiger partial charge >= 0.3 is 5.97 Å². The van der Waals surface area contributed by atoms with Gasteiger partial charge in [-0.2, -0.15) is 0 Å². The monoisotopic (exact) mass is 246 g/mol. The molecule has 0 radical (unpaired) electrons. The molecule has 1 aromatic heterocycles. The van der Waals surface area contributed by atoms with Gasteiger partial charge in [0.15, 0.2) is 0 Å². The Labute approximate surface area is 99.2 Å². The zero-order chi connectivity index (χ0) is 11.4. The van der Waals surface area contributed by atoms with Gasteiger partial charge in [0, 0.05) is 10.8 Å². The van der Waals surface area contributed by atoms with Crippen molar-refractivity contribution in [1.82, 2.24) is 0 Å². The molecular formula is C11H15ClO2S. The van der Waals surface area contributed by atoms with Crippen LogP contribution in [-0.4, -0.2) is 13.1 Å². The van der Waals surface area contributed by atoms with Crippen molar-refractivity contribution >= 4 is 28.9 Å². The number of carbonyl (C=O) groups is 1. The molecule has 1 rings (SSSR count). The van der Waals surface area contributed by atoms with Gasteiger partial charge in [-0.15, -0.1) is 11.3 Å².